The van der Waals surface area contributed by atoms with E-state index in [2.05, 4.69) is 16.3 Å². The third-order valence-electron chi connectivity index (χ3n) is 3.53. The first-order valence-corrected chi connectivity index (χ1v) is 6.37. The number of hydrogen-bond acceptors (Lipinski definition) is 4. The van der Waals surface area contributed by atoms with Crippen LogP contribution < -0.4 is 10.5 Å². The van der Waals surface area contributed by atoms with E-state index in [0.29, 0.717) is 17.9 Å². The predicted molar refractivity (Wildman–Crippen MR) is 73.7 cm³/mol. The number of benzene rings is 1. The summed E-state index contributed by atoms with van der Waals surface area (Å²) >= 11 is 0. The van der Waals surface area contributed by atoms with Gasteiger partial charge in [0.15, 0.2) is 0 Å². The summed E-state index contributed by atoms with van der Waals surface area (Å²) < 4.78 is 5.42. The lowest BCUT2D eigenvalue weighted by Crippen LogP contribution is -2.21. The molecule has 0 spiro atoms. The fraction of sp³-hybridized carbons (Fsp3) is 0.200. The minimum absolute atomic E-state index is 0.120. The van der Waals surface area contributed by atoms with Crippen LogP contribution in [0.4, 0.5) is 0 Å². The van der Waals surface area contributed by atoms with Gasteiger partial charge in [0.2, 0.25) is 11.8 Å². The van der Waals surface area contributed by atoms with Crippen LogP contribution in [0.3, 0.4) is 0 Å². The molecule has 0 saturated carbocycles. The van der Waals surface area contributed by atoms with Crippen molar-refractivity contribution in [3.8, 4) is 11.9 Å². The van der Waals surface area contributed by atoms with Gasteiger partial charge in [-0.25, -0.2) is 0 Å². The fourth-order valence-corrected chi connectivity index (χ4v) is 2.57. The zero-order valence-corrected chi connectivity index (χ0v) is 11.1. The molecule has 0 aliphatic carbocycles. The van der Waals surface area contributed by atoms with Gasteiger partial charge in [-0.1, -0.05) is 30.3 Å². The first-order valence-electron chi connectivity index (χ1n) is 6.37. The van der Waals surface area contributed by atoms with Crippen molar-refractivity contribution in [1.82, 2.24) is 10.2 Å². The van der Waals surface area contributed by atoms with Gasteiger partial charge in [-0.15, -0.1) is 5.10 Å². The smallest absolute Gasteiger partial charge is 0.243 e. The molecule has 0 radical (unpaired) electrons. The van der Waals surface area contributed by atoms with Crippen molar-refractivity contribution >= 4 is 0 Å². The summed E-state index contributed by atoms with van der Waals surface area (Å²) in [5, 5.41) is 16.4. The molecule has 1 atom stereocenters. The Balaban J connectivity index is 2.06. The molecule has 0 unspecified atom stereocenters. The number of nitrogens with zero attached hydrogens (tertiary/aromatic N) is 2. The summed E-state index contributed by atoms with van der Waals surface area (Å²) in [5.41, 5.74) is 9.27. The average Bonchev–Trinajstić information content (AvgIpc) is 2.81. The van der Waals surface area contributed by atoms with E-state index in [-0.39, 0.29) is 11.8 Å². The van der Waals surface area contributed by atoms with Gasteiger partial charge in [0.1, 0.15) is 6.07 Å². The van der Waals surface area contributed by atoms with E-state index in [4.69, 9.17) is 10.5 Å². The van der Waals surface area contributed by atoms with E-state index >= 15 is 0 Å². The largest absolute Gasteiger partial charge is 0.420 e. The number of ether oxygens (including phenoxy) is 1. The highest BCUT2D eigenvalue weighted by atomic mass is 16.5. The van der Waals surface area contributed by atoms with Crippen molar-refractivity contribution in [1.29, 1.82) is 5.26 Å². The summed E-state index contributed by atoms with van der Waals surface area (Å²) in [4.78, 5) is 0. The number of nitrogens with one attached hydrogen (secondary N) is 1. The van der Waals surface area contributed by atoms with Gasteiger partial charge < -0.3 is 10.5 Å². The molecule has 2 heterocycles. The fourth-order valence-electron chi connectivity index (χ4n) is 2.57. The Kier molecular flexibility index (Phi) is 2.92. The number of nitriles is 1. The molecule has 5 nitrogen and oxygen atoms in total. The maximum Gasteiger partial charge on any atom is 0.243 e. The minimum atomic E-state index is -0.120. The van der Waals surface area contributed by atoms with Gasteiger partial charge in [0.25, 0.3) is 0 Å². The molecule has 1 aliphatic heterocycles. The molecule has 20 heavy (non-hydrogen) atoms. The molecule has 0 bridgehead atoms. The summed E-state index contributed by atoms with van der Waals surface area (Å²) in [5.74, 6) is 0.497. The Labute approximate surface area is 116 Å². The second kappa shape index (κ2) is 4.74. The number of rotatable bonds is 2. The Morgan fingerprint density at radius 3 is 2.85 bits per heavy atom. The van der Waals surface area contributed by atoms with E-state index in [1.165, 1.54) is 0 Å². The Bertz CT molecular complexity index is 709. The molecule has 0 fully saturated rings. The quantitative estimate of drug-likeness (QED) is 0.871. The summed E-state index contributed by atoms with van der Waals surface area (Å²) in [6.07, 6.45) is 0.696. The van der Waals surface area contributed by atoms with Crippen molar-refractivity contribution < 1.29 is 4.74 Å². The first-order chi connectivity index (χ1) is 9.70. The molecule has 1 aliphatic rings. The van der Waals surface area contributed by atoms with Crippen LogP contribution in [0.5, 0.6) is 5.88 Å². The molecule has 0 saturated heterocycles. The second-order valence-electron chi connectivity index (χ2n) is 4.80. The Morgan fingerprint density at radius 1 is 1.40 bits per heavy atom. The summed E-state index contributed by atoms with van der Waals surface area (Å²) in [6, 6.07) is 12.2. The van der Waals surface area contributed by atoms with Crippen LogP contribution >= 0.6 is 0 Å². The maximum absolute atomic E-state index is 9.37. The van der Waals surface area contributed by atoms with Crippen LogP contribution in [0.15, 0.2) is 41.8 Å². The van der Waals surface area contributed by atoms with E-state index in [1.807, 2.05) is 37.3 Å². The highest BCUT2D eigenvalue weighted by molar-refractivity contribution is 5.49. The highest BCUT2D eigenvalue weighted by Gasteiger charge is 2.32. The number of aryl methyl sites for hydroxylation is 1. The van der Waals surface area contributed by atoms with Crippen LogP contribution in [0, 0.1) is 18.3 Å². The Morgan fingerprint density at radius 2 is 2.15 bits per heavy atom. The topological polar surface area (TPSA) is 87.7 Å². The SMILES string of the molecule is Cc1[nH]nc2c1[C@H](Cc1ccccc1)C(C#N)=C(N)O2. The molecule has 5 heteroatoms. The average molecular weight is 266 g/mol. The van der Waals surface area contributed by atoms with E-state index in [9.17, 15) is 5.26 Å². The van der Waals surface area contributed by atoms with Crippen LogP contribution in [0.25, 0.3) is 0 Å². The number of nitrogens with two attached hydrogens (primary N) is 1. The molecule has 0 amide bonds. The van der Waals surface area contributed by atoms with Crippen LogP contribution in [0.1, 0.15) is 22.7 Å². The van der Waals surface area contributed by atoms with Gasteiger partial charge in [-0.05, 0) is 18.9 Å². The van der Waals surface area contributed by atoms with Gasteiger partial charge in [0.05, 0.1) is 5.57 Å². The summed E-state index contributed by atoms with van der Waals surface area (Å²) in [6.45, 7) is 1.92. The summed E-state index contributed by atoms with van der Waals surface area (Å²) in [7, 11) is 0. The molecule has 1 aromatic heterocycles. The standard InChI is InChI=1S/C15H14N4O/c1-9-13-11(7-10-5-3-2-4-6-10)12(8-16)14(17)20-15(13)19-18-9/h2-6,11H,7,17H2,1H3,(H,18,19)/t11-/m1/s1. The third kappa shape index (κ3) is 1.91. The molecular formula is C15H14N4O. The minimum Gasteiger partial charge on any atom is -0.420 e. The first kappa shape index (κ1) is 12.3. The molecule has 3 rings (SSSR count). The van der Waals surface area contributed by atoms with Gasteiger partial charge in [-0.3, -0.25) is 5.10 Å². The van der Waals surface area contributed by atoms with Crippen molar-refractivity contribution in [2.45, 2.75) is 19.3 Å². The molecule has 1 aromatic carbocycles. The normalized spacial score (nSPS) is 17.3. The lowest BCUT2D eigenvalue weighted by Gasteiger charge is -2.23. The monoisotopic (exact) mass is 266 g/mol. The van der Waals surface area contributed by atoms with Gasteiger partial charge >= 0.3 is 0 Å². The number of aromatic nitrogens is 2. The van der Waals surface area contributed by atoms with Crippen molar-refractivity contribution in [3.63, 3.8) is 0 Å². The van der Waals surface area contributed by atoms with E-state index in [0.717, 1.165) is 16.8 Å². The molecule has 2 aromatic rings. The zero-order chi connectivity index (χ0) is 14.1. The predicted octanol–water partition coefficient (Wildman–Crippen LogP) is 2.13. The van der Waals surface area contributed by atoms with Crippen LogP contribution in [0.2, 0.25) is 0 Å². The van der Waals surface area contributed by atoms with E-state index in [1.54, 1.807) is 0 Å². The van der Waals surface area contributed by atoms with Crippen LogP contribution in [-0.4, -0.2) is 10.2 Å². The lowest BCUT2D eigenvalue weighted by atomic mass is 9.85. The number of hydrogen-bond donors (Lipinski definition) is 2. The highest BCUT2D eigenvalue weighted by Crippen LogP contribution is 2.40. The molecule has 3 N–H and O–H groups in total. The van der Waals surface area contributed by atoms with Crippen LogP contribution in [-0.2, 0) is 6.42 Å². The number of fused-ring (bicyclic) bond motifs is 1. The number of aromatic amines is 1. The van der Waals surface area contributed by atoms with Gasteiger partial charge in [0, 0.05) is 17.2 Å². The molecule has 100 valence electrons. The van der Waals surface area contributed by atoms with Crippen molar-refractivity contribution in [2.24, 2.45) is 5.73 Å². The van der Waals surface area contributed by atoms with Crippen molar-refractivity contribution in [2.75, 3.05) is 0 Å². The Hall–Kier alpha value is -2.74. The maximum atomic E-state index is 9.37. The lowest BCUT2D eigenvalue weighted by molar-refractivity contribution is 0.373. The second-order valence-corrected chi connectivity index (χ2v) is 4.80. The molecular weight excluding hydrogens is 252 g/mol. The number of allylic oxidation sites excluding steroid dienone is 1. The van der Waals surface area contributed by atoms with Gasteiger partial charge in [-0.2, -0.15) is 5.26 Å². The van der Waals surface area contributed by atoms with Crippen molar-refractivity contribution in [3.05, 3.63) is 58.6 Å². The van der Waals surface area contributed by atoms with E-state index < -0.39 is 0 Å². The number of H-pyrrole nitrogens is 1. The third-order valence-corrected chi connectivity index (χ3v) is 3.53. The zero-order valence-electron chi connectivity index (χ0n) is 11.1.